The first-order chi connectivity index (χ1) is 13.4. The van der Waals surface area contributed by atoms with Crippen LogP contribution in [0, 0.1) is 13.8 Å². The Hall–Kier alpha value is -0.260. The summed E-state index contributed by atoms with van der Waals surface area (Å²) in [6.45, 7) is 7.80. The Balaban J connectivity index is 3.02. The molecule has 0 aromatic carbocycles. The lowest BCUT2D eigenvalue weighted by Crippen LogP contribution is -1.83. The van der Waals surface area contributed by atoms with E-state index < -0.39 is 0 Å². The first-order valence-corrected chi connectivity index (χ1v) is 12.6. The first kappa shape index (κ1) is 26.7. The Bertz CT molecular complexity index is 265. The van der Waals surface area contributed by atoms with E-state index in [4.69, 9.17) is 0 Å². The molecule has 0 rings (SSSR count). The fourth-order valence-electron chi connectivity index (χ4n) is 3.77. The van der Waals surface area contributed by atoms with Gasteiger partial charge in [-0.3, -0.25) is 0 Å². The number of rotatable bonds is 23. The van der Waals surface area contributed by atoms with Gasteiger partial charge in [0.25, 0.3) is 0 Å². The van der Waals surface area contributed by atoms with E-state index in [1.54, 1.807) is 0 Å². The van der Waals surface area contributed by atoms with Gasteiger partial charge in [-0.2, -0.15) is 0 Å². The van der Waals surface area contributed by atoms with Crippen LogP contribution in [0.5, 0.6) is 0 Å². The SMILES string of the molecule is [CH2]CCCCCC=CCCCCCCCCCCCCCCCCCC[CH2]. The zero-order chi connectivity index (χ0) is 19.7. The maximum absolute atomic E-state index is 3.91. The van der Waals surface area contributed by atoms with Gasteiger partial charge in [0.2, 0.25) is 0 Å². The largest absolute Gasteiger partial charge is 0.0885 e. The molecule has 0 heterocycles. The molecule has 2 radical (unpaired) electrons. The van der Waals surface area contributed by atoms with Gasteiger partial charge in [0.15, 0.2) is 0 Å². The highest BCUT2D eigenvalue weighted by Crippen LogP contribution is 2.14. The van der Waals surface area contributed by atoms with Gasteiger partial charge in [-0.25, -0.2) is 0 Å². The van der Waals surface area contributed by atoms with Crippen molar-refractivity contribution in [2.45, 2.75) is 148 Å². The maximum Gasteiger partial charge on any atom is -0.0351 e. The van der Waals surface area contributed by atoms with Crippen LogP contribution in [-0.2, 0) is 0 Å². The van der Waals surface area contributed by atoms with E-state index in [-0.39, 0.29) is 0 Å². The Morgan fingerprint density at radius 2 is 0.519 bits per heavy atom. The molecular weight excluding hydrogens is 324 g/mol. The van der Waals surface area contributed by atoms with Crippen molar-refractivity contribution in [2.24, 2.45) is 0 Å². The third kappa shape index (κ3) is 25.7. The summed E-state index contributed by atoms with van der Waals surface area (Å²) < 4.78 is 0. The number of allylic oxidation sites excluding steroid dienone is 2. The van der Waals surface area contributed by atoms with Crippen molar-refractivity contribution in [1.82, 2.24) is 0 Å². The molecule has 0 amide bonds. The molecule has 0 atom stereocenters. The van der Waals surface area contributed by atoms with E-state index in [0.717, 1.165) is 12.8 Å². The summed E-state index contributed by atoms with van der Waals surface area (Å²) >= 11 is 0. The molecular formula is C27H52. The standard InChI is InChI=1S/C27H52/c1-3-5-7-9-11-13-15-17-19-21-23-25-27-26-24-22-20-18-16-14-12-10-8-6-4-2/h13,15H,1-12,14,16-27H2. The molecule has 0 aliphatic rings. The predicted molar refractivity (Wildman–Crippen MR) is 126 cm³/mol. The molecule has 27 heavy (non-hydrogen) atoms. The smallest absolute Gasteiger partial charge is 0.0351 e. The average molecular weight is 377 g/mol. The van der Waals surface area contributed by atoms with E-state index in [0.29, 0.717) is 0 Å². The van der Waals surface area contributed by atoms with Crippen molar-refractivity contribution in [1.29, 1.82) is 0 Å². The first-order valence-electron chi connectivity index (χ1n) is 12.6. The number of hydrogen-bond acceptors (Lipinski definition) is 0. The van der Waals surface area contributed by atoms with Crippen LogP contribution in [0.2, 0.25) is 0 Å². The molecule has 0 aromatic heterocycles. The summed E-state index contributed by atoms with van der Waals surface area (Å²) in [6, 6.07) is 0. The van der Waals surface area contributed by atoms with Crippen molar-refractivity contribution in [2.75, 3.05) is 0 Å². The summed E-state index contributed by atoms with van der Waals surface area (Å²) in [5.41, 5.74) is 0. The minimum atomic E-state index is 1.10. The third-order valence-corrected chi connectivity index (χ3v) is 5.66. The molecule has 0 fully saturated rings. The van der Waals surface area contributed by atoms with Crippen molar-refractivity contribution in [3.05, 3.63) is 26.0 Å². The Morgan fingerprint density at radius 1 is 0.296 bits per heavy atom. The van der Waals surface area contributed by atoms with Gasteiger partial charge in [0.05, 0.1) is 0 Å². The van der Waals surface area contributed by atoms with Crippen molar-refractivity contribution in [3.8, 4) is 0 Å². The van der Waals surface area contributed by atoms with Crippen LogP contribution in [0.1, 0.15) is 148 Å². The normalized spacial score (nSPS) is 11.6. The van der Waals surface area contributed by atoms with E-state index in [9.17, 15) is 0 Å². The molecule has 0 N–H and O–H groups in total. The summed E-state index contributed by atoms with van der Waals surface area (Å²) in [4.78, 5) is 0. The summed E-state index contributed by atoms with van der Waals surface area (Å²) in [5.74, 6) is 0. The van der Waals surface area contributed by atoms with Crippen molar-refractivity contribution in [3.63, 3.8) is 0 Å². The molecule has 0 aliphatic carbocycles. The van der Waals surface area contributed by atoms with E-state index in [1.165, 1.54) is 135 Å². The highest BCUT2D eigenvalue weighted by atomic mass is 14.0. The average Bonchev–Trinajstić information content (AvgIpc) is 2.68. The fourth-order valence-corrected chi connectivity index (χ4v) is 3.77. The Kier molecular flexibility index (Phi) is 25.5. The van der Waals surface area contributed by atoms with E-state index in [1.807, 2.05) is 0 Å². The molecule has 0 nitrogen and oxygen atoms in total. The van der Waals surface area contributed by atoms with Crippen LogP contribution in [0.25, 0.3) is 0 Å². The molecule has 0 saturated carbocycles. The van der Waals surface area contributed by atoms with Crippen LogP contribution in [-0.4, -0.2) is 0 Å². The van der Waals surface area contributed by atoms with Gasteiger partial charge in [0.1, 0.15) is 0 Å². The minimum Gasteiger partial charge on any atom is -0.0885 e. The summed E-state index contributed by atoms with van der Waals surface area (Å²) in [5, 5.41) is 0. The van der Waals surface area contributed by atoms with Gasteiger partial charge < -0.3 is 0 Å². The number of unbranched alkanes of at least 4 members (excludes halogenated alkanes) is 21. The predicted octanol–water partition coefficient (Wildman–Crippen LogP) is 10.2. The van der Waals surface area contributed by atoms with Crippen LogP contribution < -0.4 is 0 Å². The monoisotopic (exact) mass is 376 g/mol. The van der Waals surface area contributed by atoms with E-state index in [2.05, 4.69) is 26.0 Å². The topological polar surface area (TPSA) is 0 Å². The van der Waals surface area contributed by atoms with Crippen LogP contribution in [0.3, 0.4) is 0 Å². The van der Waals surface area contributed by atoms with Crippen LogP contribution in [0.15, 0.2) is 12.2 Å². The lowest BCUT2D eigenvalue weighted by molar-refractivity contribution is 0.528. The lowest BCUT2D eigenvalue weighted by Gasteiger charge is -2.03. The Labute approximate surface area is 174 Å². The molecule has 0 bridgehead atoms. The molecule has 160 valence electrons. The van der Waals surface area contributed by atoms with Gasteiger partial charge in [-0.05, 0) is 25.7 Å². The summed E-state index contributed by atoms with van der Waals surface area (Å²) in [7, 11) is 0. The van der Waals surface area contributed by atoms with Crippen molar-refractivity contribution >= 4 is 0 Å². The van der Waals surface area contributed by atoms with Gasteiger partial charge in [0, 0.05) is 0 Å². The van der Waals surface area contributed by atoms with Gasteiger partial charge in [-0.1, -0.05) is 148 Å². The molecule has 0 unspecified atom stereocenters. The Morgan fingerprint density at radius 3 is 0.815 bits per heavy atom. The molecule has 0 heteroatoms. The van der Waals surface area contributed by atoms with Gasteiger partial charge >= 0.3 is 0 Å². The fraction of sp³-hybridized carbons (Fsp3) is 0.852. The minimum absolute atomic E-state index is 1.10. The zero-order valence-corrected chi connectivity index (χ0v) is 18.8. The molecule has 0 saturated heterocycles. The second-order valence-electron chi connectivity index (χ2n) is 8.47. The quantitative estimate of drug-likeness (QED) is 0.123. The van der Waals surface area contributed by atoms with Crippen LogP contribution in [0.4, 0.5) is 0 Å². The zero-order valence-electron chi connectivity index (χ0n) is 18.8. The van der Waals surface area contributed by atoms with Gasteiger partial charge in [-0.15, -0.1) is 0 Å². The second-order valence-corrected chi connectivity index (χ2v) is 8.47. The van der Waals surface area contributed by atoms with Crippen LogP contribution >= 0.6 is 0 Å². The number of hydrogen-bond donors (Lipinski definition) is 0. The lowest BCUT2D eigenvalue weighted by atomic mass is 10.0. The summed E-state index contributed by atoms with van der Waals surface area (Å²) in [6.07, 6.45) is 36.7. The molecule has 0 aromatic rings. The highest BCUT2D eigenvalue weighted by molar-refractivity contribution is 4.81. The van der Waals surface area contributed by atoms with E-state index >= 15 is 0 Å². The highest BCUT2D eigenvalue weighted by Gasteiger charge is 1.94. The molecule has 0 spiro atoms. The second kappa shape index (κ2) is 25.7. The molecule has 0 aliphatic heterocycles. The van der Waals surface area contributed by atoms with Crippen molar-refractivity contribution < 1.29 is 0 Å². The maximum atomic E-state index is 3.91. The third-order valence-electron chi connectivity index (χ3n) is 5.66.